The van der Waals surface area contributed by atoms with Crippen molar-refractivity contribution in [3.63, 3.8) is 0 Å². The zero-order valence-corrected chi connectivity index (χ0v) is 18.3. The van der Waals surface area contributed by atoms with E-state index in [4.69, 9.17) is 23.4 Å². The van der Waals surface area contributed by atoms with Crippen molar-refractivity contribution in [3.8, 4) is 0 Å². The van der Waals surface area contributed by atoms with Gasteiger partial charge in [-0.1, -0.05) is 20.8 Å². The highest BCUT2D eigenvalue weighted by Gasteiger charge is 2.63. The molecule has 0 spiro atoms. The van der Waals surface area contributed by atoms with E-state index in [9.17, 15) is 4.79 Å². The van der Waals surface area contributed by atoms with Crippen LogP contribution in [0.4, 0.5) is 0 Å². The summed E-state index contributed by atoms with van der Waals surface area (Å²) in [6.07, 6.45) is 0.162. The van der Waals surface area contributed by atoms with Crippen LogP contribution < -0.4 is 0 Å². The van der Waals surface area contributed by atoms with Crippen molar-refractivity contribution >= 4 is 14.3 Å². The first kappa shape index (κ1) is 20.3. The van der Waals surface area contributed by atoms with E-state index in [0.717, 1.165) is 6.42 Å². The first-order valence-corrected chi connectivity index (χ1v) is 12.5. The number of rotatable bonds is 4. The van der Waals surface area contributed by atoms with Crippen LogP contribution in [-0.4, -0.2) is 58.2 Å². The minimum Gasteiger partial charge on any atom is -0.469 e. The number of hydrogen-bond donors (Lipinski definition) is 0. The van der Waals surface area contributed by atoms with E-state index in [0.29, 0.717) is 6.61 Å². The van der Waals surface area contributed by atoms with Gasteiger partial charge in [-0.25, -0.2) is 0 Å². The van der Waals surface area contributed by atoms with E-state index in [1.54, 1.807) is 0 Å². The summed E-state index contributed by atoms with van der Waals surface area (Å²) in [6, 6.07) is 0. The first-order valence-electron chi connectivity index (χ1n) is 9.59. The number of hydrogen-bond acceptors (Lipinski definition) is 6. The second-order valence-electron chi connectivity index (χ2n) is 9.80. The molecule has 6 atom stereocenters. The molecule has 3 unspecified atom stereocenters. The Morgan fingerprint density at radius 2 is 1.85 bits per heavy atom. The lowest BCUT2D eigenvalue weighted by atomic mass is 10.0. The molecule has 0 amide bonds. The Bertz CT molecular complexity index is 555. The normalized spacial score (nSPS) is 38.9. The van der Waals surface area contributed by atoms with Gasteiger partial charge in [0.1, 0.15) is 12.2 Å². The lowest BCUT2D eigenvalue weighted by Crippen LogP contribution is -2.47. The van der Waals surface area contributed by atoms with E-state index in [-0.39, 0.29) is 47.3 Å². The van der Waals surface area contributed by atoms with E-state index in [2.05, 4.69) is 33.9 Å². The Morgan fingerprint density at radius 1 is 1.19 bits per heavy atom. The standard InChI is InChI=1S/C19H34O6Si/c1-18(2,3)26(7,8)22-10-13-16-12(24-19(4,5)25-16)9-11-14(15(11)23-13)17(20)21-6/h11-16H,9-10H2,1-8H3/t11?,12-,13+,14?,15?,16-/m0/s1. The lowest BCUT2D eigenvalue weighted by Gasteiger charge is -2.38. The fraction of sp³-hybridized carbons (Fsp3) is 0.947. The molecule has 0 N–H and O–H groups in total. The topological polar surface area (TPSA) is 63.2 Å². The summed E-state index contributed by atoms with van der Waals surface area (Å²) in [5, 5.41) is 0.125. The highest BCUT2D eigenvalue weighted by atomic mass is 28.4. The van der Waals surface area contributed by atoms with Gasteiger partial charge in [0, 0.05) is 5.92 Å². The molecule has 2 heterocycles. The van der Waals surface area contributed by atoms with Gasteiger partial charge in [0.2, 0.25) is 0 Å². The van der Waals surface area contributed by atoms with E-state index >= 15 is 0 Å². The number of fused-ring (bicyclic) bond motifs is 2. The number of carbonyl (C=O) groups is 1. The summed E-state index contributed by atoms with van der Waals surface area (Å²) < 4.78 is 30.0. The van der Waals surface area contributed by atoms with Gasteiger partial charge in [-0.05, 0) is 38.4 Å². The smallest absolute Gasteiger partial charge is 0.311 e. The van der Waals surface area contributed by atoms with Crippen LogP contribution in [0.25, 0.3) is 0 Å². The van der Waals surface area contributed by atoms with Crippen LogP contribution in [0.2, 0.25) is 18.1 Å². The molecule has 2 aliphatic heterocycles. The molecule has 3 aliphatic rings. The van der Waals surface area contributed by atoms with Gasteiger partial charge in [0.25, 0.3) is 0 Å². The van der Waals surface area contributed by atoms with Crippen LogP contribution in [0.5, 0.6) is 0 Å². The van der Waals surface area contributed by atoms with Crippen molar-refractivity contribution in [2.24, 2.45) is 11.8 Å². The minimum absolute atomic E-state index is 0.0809. The molecular formula is C19H34O6Si. The highest BCUT2D eigenvalue weighted by Crippen LogP contribution is 2.52. The Balaban J connectivity index is 1.75. The molecule has 2 saturated heterocycles. The molecule has 150 valence electrons. The monoisotopic (exact) mass is 386 g/mol. The van der Waals surface area contributed by atoms with Gasteiger partial charge in [-0.15, -0.1) is 0 Å². The Kier molecular flexibility index (Phi) is 5.11. The number of esters is 1. The molecule has 0 radical (unpaired) electrons. The van der Waals surface area contributed by atoms with Crippen LogP contribution in [-0.2, 0) is 28.2 Å². The summed E-state index contributed by atoms with van der Waals surface area (Å²) >= 11 is 0. The van der Waals surface area contributed by atoms with Gasteiger partial charge < -0.3 is 23.4 Å². The zero-order chi connectivity index (χ0) is 19.5. The van der Waals surface area contributed by atoms with Crippen LogP contribution in [0.3, 0.4) is 0 Å². The molecule has 3 rings (SSSR count). The van der Waals surface area contributed by atoms with E-state index in [1.165, 1.54) is 7.11 Å². The Morgan fingerprint density at radius 3 is 2.42 bits per heavy atom. The predicted octanol–water partition coefficient (Wildman–Crippen LogP) is 3.10. The number of ether oxygens (including phenoxy) is 4. The number of methoxy groups -OCH3 is 1. The third-order valence-corrected chi connectivity index (χ3v) is 10.9. The first-order chi connectivity index (χ1) is 11.9. The maximum Gasteiger partial charge on any atom is 0.311 e. The van der Waals surface area contributed by atoms with Gasteiger partial charge in [0.05, 0.1) is 31.8 Å². The highest BCUT2D eigenvalue weighted by molar-refractivity contribution is 6.74. The van der Waals surface area contributed by atoms with Gasteiger partial charge in [-0.3, -0.25) is 4.79 Å². The van der Waals surface area contributed by atoms with Crippen LogP contribution in [0, 0.1) is 11.8 Å². The molecular weight excluding hydrogens is 352 g/mol. The molecule has 1 saturated carbocycles. The van der Waals surface area contributed by atoms with Gasteiger partial charge >= 0.3 is 5.97 Å². The second-order valence-corrected chi connectivity index (χ2v) is 14.6. The Hall–Kier alpha value is -0.473. The van der Waals surface area contributed by atoms with Crippen LogP contribution >= 0.6 is 0 Å². The molecule has 26 heavy (non-hydrogen) atoms. The summed E-state index contributed by atoms with van der Waals surface area (Å²) in [7, 11) is -0.477. The largest absolute Gasteiger partial charge is 0.469 e. The van der Waals surface area contributed by atoms with Crippen molar-refractivity contribution < 1.29 is 28.2 Å². The molecule has 1 aliphatic carbocycles. The molecule has 0 bridgehead atoms. The average Bonchev–Trinajstić information content (AvgIpc) is 3.11. The fourth-order valence-electron chi connectivity index (χ4n) is 3.80. The molecule has 0 aromatic heterocycles. The minimum atomic E-state index is -1.91. The van der Waals surface area contributed by atoms with Crippen molar-refractivity contribution in [2.75, 3.05) is 13.7 Å². The third-order valence-electron chi connectivity index (χ3n) is 6.41. The molecule has 0 aromatic rings. The average molecular weight is 387 g/mol. The van der Waals surface area contributed by atoms with E-state index in [1.807, 2.05) is 13.8 Å². The van der Waals surface area contributed by atoms with Gasteiger partial charge in [0.15, 0.2) is 14.1 Å². The predicted molar refractivity (Wildman–Crippen MR) is 99.2 cm³/mol. The lowest BCUT2D eigenvalue weighted by molar-refractivity contribution is -0.167. The summed E-state index contributed by atoms with van der Waals surface area (Å²) in [5.74, 6) is -0.884. The molecule has 3 fully saturated rings. The molecule has 6 nitrogen and oxygen atoms in total. The fourth-order valence-corrected chi connectivity index (χ4v) is 4.82. The summed E-state index contributed by atoms with van der Waals surface area (Å²) in [5.41, 5.74) is 0. The summed E-state index contributed by atoms with van der Waals surface area (Å²) in [4.78, 5) is 12.0. The molecule has 7 heteroatoms. The maximum atomic E-state index is 12.0. The Labute approximate surface area is 158 Å². The maximum absolute atomic E-state index is 12.0. The summed E-state index contributed by atoms with van der Waals surface area (Å²) in [6.45, 7) is 15.4. The SMILES string of the molecule is COC(=O)C1C2C[C@@H]3OC(C)(C)O[C@@H]3[C@@H](CO[Si](C)(C)C(C)(C)C)OC21. The third kappa shape index (κ3) is 3.74. The van der Waals surface area contributed by atoms with Gasteiger partial charge in [-0.2, -0.15) is 0 Å². The molecule has 0 aromatic carbocycles. The zero-order valence-electron chi connectivity index (χ0n) is 17.3. The van der Waals surface area contributed by atoms with Crippen LogP contribution in [0.1, 0.15) is 41.0 Å². The number of carbonyl (C=O) groups excluding carboxylic acids is 1. The van der Waals surface area contributed by atoms with Crippen molar-refractivity contribution in [1.82, 2.24) is 0 Å². The van der Waals surface area contributed by atoms with Crippen molar-refractivity contribution in [2.45, 2.75) is 89.4 Å². The van der Waals surface area contributed by atoms with Crippen molar-refractivity contribution in [3.05, 3.63) is 0 Å². The van der Waals surface area contributed by atoms with Crippen molar-refractivity contribution in [1.29, 1.82) is 0 Å². The van der Waals surface area contributed by atoms with E-state index < -0.39 is 14.1 Å². The quantitative estimate of drug-likeness (QED) is 0.546. The second kappa shape index (κ2) is 6.55. The van der Waals surface area contributed by atoms with Crippen LogP contribution in [0.15, 0.2) is 0 Å².